The van der Waals surface area contributed by atoms with Gasteiger partial charge in [-0.2, -0.15) is 0 Å². The molecule has 3 saturated heterocycles. The molecule has 3 aliphatic heterocycles. The molecule has 5 rings (SSSR count). The first-order chi connectivity index (χ1) is 11.7. The van der Waals surface area contributed by atoms with Crippen LogP contribution < -0.4 is 5.32 Å². The smallest absolute Gasteiger partial charge is 0.280 e. The van der Waals surface area contributed by atoms with Gasteiger partial charge in [-0.05, 0) is 44.0 Å². The highest BCUT2D eigenvalue weighted by atomic mass is 35.5. The molecule has 1 aromatic heterocycles. The van der Waals surface area contributed by atoms with Gasteiger partial charge in [-0.15, -0.1) is 11.3 Å². The summed E-state index contributed by atoms with van der Waals surface area (Å²) in [7, 11) is 0. The van der Waals surface area contributed by atoms with Crippen LogP contribution in [0.2, 0.25) is 5.02 Å². The minimum Gasteiger partial charge on any atom is -0.346 e. The summed E-state index contributed by atoms with van der Waals surface area (Å²) in [4.78, 5) is 20.2. The lowest BCUT2D eigenvalue weighted by Gasteiger charge is -2.44. The van der Waals surface area contributed by atoms with Gasteiger partial charge in [0.1, 0.15) is 0 Å². The highest BCUT2D eigenvalue weighted by Gasteiger charge is 2.35. The van der Waals surface area contributed by atoms with E-state index in [4.69, 9.17) is 11.6 Å². The van der Waals surface area contributed by atoms with Gasteiger partial charge in [0.15, 0.2) is 5.01 Å². The van der Waals surface area contributed by atoms with E-state index in [1.807, 2.05) is 24.3 Å². The summed E-state index contributed by atoms with van der Waals surface area (Å²) in [5, 5.41) is 4.43. The van der Waals surface area contributed by atoms with Crippen molar-refractivity contribution in [2.24, 2.45) is 5.92 Å². The molecule has 2 aromatic rings. The van der Waals surface area contributed by atoms with Crippen LogP contribution in [0.5, 0.6) is 0 Å². The van der Waals surface area contributed by atoms with E-state index in [0.717, 1.165) is 15.6 Å². The zero-order valence-corrected chi connectivity index (χ0v) is 15.5. The molecule has 1 aromatic carbocycles. The van der Waals surface area contributed by atoms with Crippen LogP contribution in [0.3, 0.4) is 0 Å². The van der Waals surface area contributed by atoms with Crippen molar-refractivity contribution >= 4 is 40.6 Å². The molecular formula is C17H18ClN3OS2. The van der Waals surface area contributed by atoms with Gasteiger partial charge < -0.3 is 10.2 Å². The van der Waals surface area contributed by atoms with Crippen LogP contribution in [0.1, 0.15) is 22.6 Å². The number of carbonyl (C=O) groups is 1. The summed E-state index contributed by atoms with van der Waals surface area (Å²) < 4.78 is 0.974. The van der Waals surface area contributed by atoms with Crippen molar-refractivity contribution in [2.45, 2.75) is 28.0 Å². The summed E-state index contributed by atoms with van der Waals surface area (Å²) in [5.74, 6) is 0.570. The number of nitrogens with zero attached hydrogens (tertiary/aromatic N) is 2. The third kappa shape index (κ3) is 3.47. The maximum atomic E-state index is 12.5. The summed E-state index contributed by atoms with van der Waals surface area (Å²) >= 11 is 9.16. The predicted octanol–water partition coefficient (Wildman–Crippen LogP) is 3.77. The van der Waals surface area contributed by atoms with E-state index < -0.39 is 0 Å². The average molecular weight is 380 g/mol. The molecule has 24 heavy (non-hydrogen) atoms. The van der Waals surface area contributed by atoms with E-state index in [1.54, 1.807) is 18.0 Å². The highest BCUT2D eigenvalue weighted by Crippen LogP contribution is 2.36. The van der Waals surface area contributed by atoms with E-state index in [9.17, 15) is 4.79 Å². The molecule has 1 amide bonds. The Hall–Kier alpha value is -1.08. The second kappa shape index (κ2) is 7.04. The summed E-state index contributed by atoms with van der Waals surface area (Å²) in [5.41, 5.74) is 0. The van der Waals surface area contributed by atoms with Crippen molar-refractivity contribution < 1.29 is 4.79 Å². The molecule has 4 heterocycles. The molecule has 4 nitrogen and oxygen atoms in total. The molecule has 1 atom stereocenters. The van der Waals surface area contributed by atoms with Crippen LogP contribution >= 0.6 is 34.7 Å². The van der Waals surface area contributed by atoms with Gasteiger partial charge >= 0.3 is 0 Å². The van der Waals surface area contributed by atoms with Crippen LogP contribution in [-0.2, 0) is 0 Å². The standard InChI is InChI=1S/C17H18ClN3OS2/c18-12-3-1-2-4-14(12)23-15-9-19-17(24-15)16(22)20-13-10-21-7-5-11(13)6-8-21/h1-4,9,11,13H,5-8,10H2,(H,20,22)/t13-/m0/s1. The second-order valence-corrected chi connectivity index (χ2v) is 9.01. The summed E-state index contributed by atoms with van der Waals surface area (Å²) in [6.07, 6.45) is 4.14. The molecule has 0 aliphatic carbocycles. The first-order valence-electron chi connectivity index (χ1n) is 8.10. The Morgan fingerprint density at radius 2 is 2.12 bits per heavy atom. The van der Waals surface area contributed by atoms with Gasteiger partial charge in [-0.25, -0.2) is 4.98 Å². The number of hydrogen-bond donors (Lipinski definition) is 1. The maximum Gasteiger partial charge on any atom is 0.280 e. The number of aromatic nitrogens is 1. The molecule has 1 N–H and O–H groups in total. The molecular weight excluding hydrogens is 362 g/mol. The maximum absolute atomic E-state index is 12.5. The average Bonchev–Trinajstić information content (AvgIpc) is 3.07. The van der Waals surface area contributed by atoms with E-state index in [2.05, 4.69) is 15.2 Å². The van der Waals surface area contributed by atoms with Gasteiger partial charge in [-0.1, -0.05) is 35.5 Å². The van der Waals surface area contributed by atoms with E-state index in [1.165, 1.54) is 37.3 Å². The number of benzene rings is 1. The molecule has 3 aliphatic rings. The summed E-state index contributed by atoms with van der Waals surface area (Å²) in [6.45, 7) is 3.32. The van der Waals surface area contributed by atoms with Crippen molar-refractivity contribution in [1.29, 1.82) is 0 Å². The van der Waals surface area contributed by atoms with E-state index in [-0.39, 0.29) is 11.9 Å². The number of thiazole rings is 1. The second-order valence-electron chi connectivity index (χ2n) is 6.23. The third-order valence-electron chi connectivity index (χ3n) is 4.70. The van der Waals surface area contributed by atoms with Crippen molar-refractivity contribution in [3.63, 3.8) is 0 Å². The number of amides is 1. The van der Waals surface area contributed by atoms with Crippen LogP contribution in [0, 0.1) is 5.92 Å². The molecule has 0 spiro atoms. The van der Waals surface area contributed by atoms with Gasteiger partial charge in [0, 0.05) is 17.5 Å². The van der Waals surface area contributed by atoms with Gasteiger partial charge in [0.25, 0.3) is 5.91 Å². The van der Waals surface area contributed by atoms with E-state index >= 15 is 0 Å². The summed E-state index contributed by atoms with van der Waals surface area (Å²) in [6, 6.07) is 7.97. The van der Waals surface area contributed by atoms with Crippen LogP contribution in [0.4, 0.5) is 0 Å². The molecule has 2 bridgehead atoms. The molecule has 0 saturated carbocycles. The number of halogens is 1. The normalized spacial score (nSPS) is 25.6. The highest BCUT2D eigenvalue weighted by molar-refractivity contribution is 8.01. The Kier molecular flexibility index (Phi) is 4.81. The quantitative estimate of drug-likeness (QED) is 0.878. The molecule has 3 fully saturated rings. The first kappa shape index (κ1) is 16.4. The third-order valence-corrected chi connectivity index (χ3v) is 7.31. The van der Waals surface area contributed by atoms with Crippen molar-refractivity contribution in [1.82, 2.24) is 15.2 Å². The van der Waals surface area contributed by atoms with Crippen molar-refractivity contribution in [2.75, 3.05) is 19.6 Å². The predicted molar refractivity (Wildman–Crippen MR) is 98.1 cm³/mol. The van der Waals surface area contributed by atoms with Crippen molar-refractivity contribution in [3.8, 4) is 0 Å². The van der Waals surface area contributed by atoms with Crippen LogP contribution in [0.15, 0.2) is 39.6 Å². The zero-order chi connectivity index (χ0) is 16.5. The number of fused-ring (bicyclic) bond motifs is 3. The zero-order valence-electron chi connectivity index (χ0n) is 13.1. The minimum absolute atomic E-state index is 0.0511. The largest absolute Gasteiger partial charge is 0.346 e. The number of carbonyl (C=O) groups excluding carboxylic acids is 1. The number of rotatable bonds is 4. The molecule has 0 radical (unpaired) electrons. The fourth-order valence-corrected chi connectivity index (χ4v) is 5.52. The first-order valence-corrected chi connectivity index (χ1v) is 10.1. The Bertz CT molecular complexity index is 743. The molecule has 7 heteroatoms. The Balaban J connectivity index is 1.41. The Morgan fingerprint density at radius 3 is 2.83 bits per heavy atom. The molecule has 0 unspecified atom stereocenters. The van der Waals surface area contributed by atoms with Gasteiger partial charge in [0.05, 0.1) is 15.4 Å². The van der Waals surface area contributed by atoms with Gasteiger partial charge in [-0.3, -0.25) is 4.79 Å². The Morgan fingerprint density at radius 1 is 1.33 bits per heavy atom. The SMILES string of the molecule is O=C(N[C@H]1CN2CCC1CC2)c1ncc(Sc2ccccc2Cl)s1. The fraction of sp³-hybridized carbons (Fsp3) is 0.412. The van der Waals surface area contributed by atoms with Crippen LogP contribution in [0.25, 0.3) is 0 Å². The number of piperidine rings is 3. The van der Waals surface area contributed by atoms with Crippen LogP contribution in [-0.4, -0.2) is 41.5 Å². The fourth-order valence-electron chi connectivity index (χ4n) is 3.41. The lowest BCUT2D eigenvalue weighted by atomic mass is 9.84. The van der Waals surface area contributed by atoms with E-state index in [0.29, 0.717) is 15.9 Å². The minimum atomic E-state index is -0.0511. The number of nitrogens with one attached hydrogen (secondary N) is 1. The van der Waals surface area contributed by atoms with Gasteiger partial charge in [0.2, 0.25) is 0 Å². The Labute approximate surface area is 154 Å². The molecule has 126 valence electrons. The number of hydrogen-bond acceptors (Lipinski definition) is 5. The van der Waals surface area contributed by atoms with Crippen molar-refractivity contribution in [3.05, 3.63) is 40.5 Å². The lowest BCUT2D eigenvalue weighted by molar-refractivity contribution is 0.0620. The lowest BCUT2D eigenvalue weighted by Crippen LogP contribution is -2.57. The monoisotopic (exact) mass is 379 g/mol. The topological polar surface area (TPSA) is 45.2 Å².